The molecule has 7 nitrogen and oxygen atoms in total. The third-order valence-electron chi connectivity index (χ3n) is 4.17. The Labute approximate surface area is 161 Å². The van der Waals surface area contributed by atoms with E-state index < -0.39 is 5.91 Å². The summed E-state index contributed by atoms with van der Waals surface area (Å²) in [6.07, 6.45) is 1.71. The maximum Gasteiger partial charge on any atom is 0.279 e. The van der Waals surface area contributed by atoms with E-state index in [1.807, 2.05) is 31.2 Å². The van der Waals surface area contributed by atoms with Crippen LogP contribution in [0.5, 0.6) is 11.5 Å². The van der Waals surface area contributed by atoms with Crippen LogP contribution in [0.3, 0.4) is 0 Å². The molecule has 0 fully saturated rings. The minimum absolute atomic E-state index is 0.207. The zero-order valence-electron chi connectivity index (χ0n) is 15.7. The van der Waals surface area contributed by atoms with E-state index in [1.165, 1.54) is 11.8 Å². The van der Waals surface area contributed by atoms with Crippen molar-refractivity contribution in [2.45, 2.75) is 6.92 Å². The molecular weight excluding hydrogens is 358 g/mol. The maximum atomic E-state index is 12.8. The second-order valence-corrected chi connectivity index (χ2v) is 6.29. The van der Waals surface area contributed by atoms with Crippen molar-refractivity contribution in [3.63, 3.8) is 0 Å². The molecule has 0 aliphatic rings. The summed E-state index contributed by atoms with van der Waals surface area (Å²) >= 11 is 0. The highest BCUT2D eigenvalue weighted by atomic mass is 16.5. The Kier molecular flexibility index (Phi) is 5.35. The number of H-pyrrole nitrogens is 1. The largest absolute Gasteiger partial charge is 0.493 e. The number of rotatable bonds is 6. The molecule has 0 bridgehead atoms. The van der Waals surface area contributed by atoms with E-state index in [4.69, 9.17) is 15.2 Å². The number of carbonyl (C=O) groups is 1. The monoisotopic (exact) mass is 379 g/mol. The fourth-order valence-electron chi connectivity index (χ4n) is 2.73. The molecule has 0 radical (unpaired) electrons. The molecule has 0 aliphatic heterocycles. The predicted molar refractivity (Wildman–Crippen MR) is 107 cm³/mol. The van der Waals surface area contributed by atoms with E-state index in [2.05, 4.69) is 11.7 Å². The van der Waals surface area contributed by atoms with Gasteiger partial charge in [-0.3, -0.25) is 14.7 Å². The lowest BCUT2D eigenvalue weighted by molar-refractivity contribution is -0.119. The molecule has 1 heterocycles. The number of nitrogens with one attached hydrogen (secondary N) is 1. The molecule has 1 amide bonds. The summed E-state index contributed by atoms with van der Waals surface area (Å²) in [6, 6.07) is 12.7. The van der Waals surface area contributed by atoms with Gasteiger partial charge in [-0.25, -0.2) is 4.68 Å². The lowest BCUT2D eigenvalue weighted by Gasteiger charge is -2.09. The van der Waals surface area contributed by atoms with E-state index in [0.717, 1.165) is 16.8 Å². The van der Waals surface area contributed by atoms with Crippen LogP contribution in [-0.2, 0) is 4.79 Å². The first-order chi connectivity index (χ1) is 13.4. The van der Waals surface area contributed by atoms with Crippen LogP contribution >= 0.6 is 0 Å². The van der Waals surface area contributed by atoms with E-state index in [9.17, 15) is 9.59 Å². The first-order valence-corrected chi connectivity index (χ1v) is 8.57. The highest BCUT2D eigenvalue weighted by Gasteiger charge is 2.08. The summed E-state index contributed by atoms with van der Waals surface area (Å²) in [6.45, 7) is 5.67. The minimum Gasteiger partial charge on any atom is -0.493 e. The lowest BCUT2D eigenvalue weighted by atomic mass is 10.1. The van der Waals surface area contributed by atoms with E-state index >= 15 is 0 Å². The Bertz CT molecular complexity index is 1170. The average Bonchev–Trinajstić information content (AvgIpc) is 2.95. The van der Waals surface area contributed by atoms with Crippen LogP contribution in [0.1, 0.15) is 11.1 Å². The van der Waals surface area contributed by atoms with Crippen LogP contribution in [0.4, 0.5) is 0 Å². The number of hydrogen-bond donors (Lipinski definition) is 2. The van der Waals surface area contributed by atoms with Gasteiger partial charge in [0.2, 0.25) is 0 Å². The van der Waals surface area contributed by atoms with Crippen LogP contribution in [-0.4, -0.2) is 29.4 Å². The molecule has 0 spiro atoms. The fraction of sp³-hybridized carbons (Fsp3) is 0.143. The molecule has 0 saturated heterocycles. The first kappa shape index (κ1) is 19.0. The number of amides is 1. The number of nitrogens with zero attached hydrogens (tertiary/aromatic N) is 1. The SMILES string of the molecule is C=c1[nH]n(-c2ccc(C)cc2)c(=O)/c1=C/c1ccc(OCC(N)=O)c(OC)c1. The van der Waals surface area contributed by atoms with E-state index in [1.54, 1.807) is 24.3 Å². The molecule has 28 heavy (non-hydrogen) atoms. The van der Waals surface area contributed by atoms with Crippen LogP contribution < -0.4 is 31.3 Å². The van der Waals surface area contributed by atoms with Crippen LogP contribution in [0.25, 0.3) is 18.3 Å². The molecule has 7 heteroatoms. The van der Waals surface area contributed by atoms with E-state index in [0.29, 0.717) is 22.1 Å². The van der Waals surface area contributed by atoms with Gasteiger partial charge in [0, 0.05) is 0 Å². The van der Waals surface area contributed by atoms with E-state index in [-0.39, 0.29) is 12.2 Å². The third kappa shape index (κ3) is 3.98. The summed E-state index contributed by atoms with van der Waals surface area (Å²) in [7, 11) is 1.49. The Balaban J connectivity index is 2.02. The smallest absolute Gasteiger partial charge is 0.279 e. The molecule has 0 unspecified atom stereocenters. The Morgan fingerprint density at radius 3 is 2.57 bits per heavy atom. The van der Waals surface area contributed by atoms with Gasteiger partial charge in [-0.15, -0.1) is 0 Å². The standard InChI is InChI=1S/C21H21N3O4/c1-13-4-7-16(8-5-13)24-21(26)17(14(2)23-24)10-15-6-9-18(19(11-15)27-3)28-12-20(22)25/h4-11,23H,2,12H2,1,3H3,(H2,22,25)/b17-10+. The number of aromatic nitrogens is 2. The van der Waals surface area contributed by atoms with Crippen molar-refractivity contribution in [1.82, 2.24) is 9.78 Å². The summed E-state index contributed by atoms with van der Waals surface area (Å²) in [5.74, 6) is 0.234. The lowest BCUT2D eigenvalue weighted by Crippen LogP contribution is -2.33. The maximum absolute atomic E-state index is 12.8. The number of hydrogen-bond acceptors (Lipinski definition) is 4. The Hall–Kier alpha value is -3.74. The molecule has 3 aromatic rings. The average molecular weight is 379 g/mol. The summed E-state index contributed by atoms with van der Waals surface area (Å²) < 4.78 is 12.1. The number of ether oxygens (including phenoxy) is 2. The van der Waals surface area contributed by atoms with Crippen molar-refractivity contribution in [2.24, 2.45) is 5.73 Å². The molecule has 0 atom stereocenters. The van der Waals surface area contributed by atoms with Crippen LogP contribution in [0.2, 0.25) is 0 Å². The molecule has 0 saturated carbocycles. The third-order valence-corrected chi connectivity index (χ3v) is 4.17. The van der Waals surface area contributed by atoms with Crippen LogP contribution in [0, 0.1) is 6.92 Å². The topological polar surface area (TPSA) is 99.3 Å². The Morgan fingerprint density at radius 1 is 1.21 bits per heavy atom. The normalized spacial score (nSPS) is 11.4. The fourth-order valence-corrected chi connectivity index (χ4v) is 2.73. The van der Waals surface area contributed by atoms with Crippen molar-refractivity contribution in [3.05, 3.63) is 74.5 Å². The number of aromatic amines is 1. The number of methoxy groups -OCH3 is 1. The predicted octanol–water partition coefficient (Wildman–Crippen LogP) is 0.586. The van der Waals surface area contributed by atoms with Gasteiger partial charge < -0.3 is 15.2 Å². The van der Waals surface area contributed by atoms with Crippen molar-refractivity contribution in [1.29, 1.82) is 0 Å². The van der Waals surface area contributed by atoms with Gasteiger partial charge in [0.15, 0.2) is 18.1 Å². The molecule has 144 valence electrons. The summed E-state index contributed by atoms with van der Waals surface area (Å²) in [4.78, 5) is 23.7. The number of aryl methyl sites for hydroxylation is 1. The van der Waals surface area contributed by atoms with Crippen molar-refractivity contribution in [2.75, 3.05) is 13.7 Å². The van der Waals surface area contributed by atoms with Crippen molar-refractivity contribution < 1.29 is 14.3 Å². The molecular formula is C21H21N3O4. The molecule has 2 aromatic carbocycles. The second kappa shape index (κ2) is 7.87. The molecule has 1 aromatic heterocycles. The van der Waals surface area contributed by atoms with Gasteiger partial charge in [-0.2, -0.15) is 0 Å². The van der Waals surface area contributed by atoms with Gasteiger partial charge in [0.1, 0.15) is 0 Å². The van der Waals surface area contributed by atoms with Gasteiger partial charge in [0.05, 0.1) is 23.4 Å². The van der Waals surface area contributed by atoms with Gasteiger partial charge >= 0.3 is 0 Å². The van der Waals surface area contributed by atoms with Crippen molar-refractivity contribution >= 4 is 18.6 Å². The zero-order valence-corrected chi connectivity index (χ0v) is 15.7. The summed E-state index contributed by atoms with van der Waals surface area (Å²) in [5, 5.41) is 3.93. The number of carbonyl (C=O) groups excluding carboxylic acids is 1. The highest BCUT2D eigenvalue weighted by molar-refractivity contribution is 5.75. The Morgan fingerprint density at radius 2 is 1.93 bits per heavy atom. The number of primary amides is 1. The quantitative estimate of drug-likeness (QED) is 0.655. The number of nitrogens with two attached hydrogens (primary N) is 1. The first-order valence-electron chi connectivity index (χ1n) is 8.57. The van der Waals surface area contributed by atoms with Gasteiger partial charge in [0.25, 0.3) is 11.5 Å². The van der Waals surface area contributed by atoms with Crippen molar-refractivity contribution in [3.8, 4) is 17.2 Å². The van der Waals surface area contributed by atoms with Gasteiger partial charge in [-0.1, -0.05) is 30.3 Å². The molecule has 3 rings (SSSR count). The van der Waals surface area contributed by atoms with Crippen LogP contribution in [0.15, 0.2) is 47.3 Å². The second-order valence-electron chi connectivity index (χ2n) is 6.29. The van der Waals surface area contributed by atoms with Gasteiger partial charge in [-0.05, 0) is 42.8 Å². The zero-order chi connectivity index (χ0) is 20.3. The molecule has 3 N–H and O–H groups in total. The highest BCUT2D eigenvalue weighted by Crippen LogP contribution is 2.28. The minimum atomic E-state index is -0.580. The number of benzene rings is 2. The molecule has 0 aliphatic carbocycles. The summed E-state index contributed by atoms with van der Waals surface area (Å²) in [5.41, 5.74) is 7.45.